The molecule has 1 aromatic heterocycles. The van der Waals surface area contributed by atoms with Crippen LogP contribution in [0.5, 0.6) is 0 Å². The van der Waals surface area contributed by atoms with Gasteiger partial charge in [0, 0.05) is 18.1 Å². The average molecular weight is 463 g/mol. The molecule has 1 N–H and O–H groups in total. The topological polar surface area (TPSA) is 104 Å². The molecule has 2 aliphatic heterocycles. The average Bonchev–Trinajstić information content (AvgIpc) is 3.39. The molecule has 0 saturated carbocycles. The molecule has 5 rings (SSSR count). The van der Waals surface area contributed by atoms with Gasteiger partial charge in [0.1, 0.15) is 4.90 Å². The number of hydrogen-bond acceptors (Lipinski definition) is 7. The number of sulfonamides is 1. The van der Waals surface area contributed by atoms with E-state index in [0.29, 0.717) is 17.9 Å². The Bertz CT molecular complexity index is 1280. The zero-order valence-electron chi connectivity index (χ0n) is 16.0. The van der Waals surface area contributed by atoms with Gasteiger partial charge >= 0.3 is 0 Å². The van der Waals surface area contributed by atoms with E-state index in [2.05, 4.69) is 20.6 Å². The van der Waals surface area contributed by atoms with Crippen molar-refractivity contribution >= 4 is 44.1 Å². The van der Waals surface area contributed by atoms with E-state index in [0.717, 1.165) is 16.2 Å². The van der Waals surface area contributed by atoms with Gasteiger partial charge in [0.05, 0.1) is 17.6 Å². The van der Waals surface area contributed by atoms with E-state index >= 15 is 0 Å². The van der Waals surface area contributed by atoms with E-state index in [1.165, 1.54) is 17.5 Å². The predicted octanol–water partition coefficient (Wildman–Crippen LogP) is 3.22. The van der Waals surface area contributed by atoms with Crippen molar-refractivity contribution < 1.29 is 8.42 Å². The molecule has 2 atom stereocenters. The normalized spacial score (nSPS) is 22.4. The first-order chi connectivity index (χ1) is 14.4. The van der Waals surface area contributed by atoms with Crippen LogP contribution >= 0.6 is 23.4 Å². The van der Waals surface area contributed by atoms with Crippen molar-refractivity contribution in [1.82, 2.24) is 29.7 Å². The second kappa shape index (κ2) is 6.86. The molecule has 3 heterocycles. The van der Waals surface area contributed by atoms with Crippen molar-refractivity contribution in [3.63, 3.8) is 0 Å². The van der Waals surface area contributed by atoms with Crippen LogP contribution in [0, 0.1) is 0 Å². The number of aromatic nitrogens is 4. The summed E-state index contributed by atoms with van der Waals surface area (Å²) in [4.78, 5) is 0.0368. The molecular formula is C18H17ClN7O2S2+. The molecule has 2 aromatic carbocycles. The summed E-state index contributed by atoms with van der Waals surface area (Å²) in [5.74, 6) is 0.469. The van der Waals surface area contributed by atoms with E-state index < -0.39 is 10.0 Å². The fourth-order valence-corrected chi connectivity index (χ4v) is 7.20. The molecule has 3 aromatic rings. The van der Waals surface area contributed by atoms with Gasteiger partial charge in [0.15, 0.2) is 21.9 Å². The Hall–Kier alpha value is -2.31. The highest BCUT2D eigenvalue weighted by atomic mass is 35.5. The maximum atomic E-state index is 13.7. The van der Waals surface area contributed by atoms with Crippen LogP contribution in [0.3, 0.4) is 0 Å². The van der Waals surface area contributed by atoms with Gasteiger partial charge in [0.25, 0.3) is 10.0 Å². The van der Waals surface area contributed by atoms with Crippen LogP contribution < -0.4 is 4.70 Å². The third-order valence-electron chi connectivity index (χ3n) is 5.34. The van der Waals surface area contributed by atoms with Crippen LogP contribution in [0.25, 0.3) is 11.4 Å². The van der Waals surface area contributed by atoms with Crippen LogP contribution in [0.2, 0.25) is 5.02 Å². The van der Waals surface area contributed by atoms with Crippen LogP contribution in [-0.4, -0.2) is 50.9 Å². The fraction of sp³-hybridized carbons (Fsp3) is 0.222. The monoisotopic (exact) mass is 462 g/mol. The number of tetrazole rings is 1. The van der Waals surface area contributed by atoms with E-state index in [1.54, 1.807) is 30.0 Å². The lowest BCUT2D eigenvalue weighted by molar-refractivity contribution is 0.0828. The van der Waals surface area contributed by atoms with Gasteiger partial charge < -0.3 is 0 Å². The molecule has 0 amide bonds. The van der Waals surface area contributed by atoms with Crippen LogP contribution in [0.1, 0.15) is 18.9 Å². The second-order valence-electron chi connectivity index (χ2n) is 6.85. The second-order valence-corrected chi connectivity index (χ2v) is 10.3. The van der Waals surface area contributed by atoms with Gasteiger partial charge in [-0.2, -0.15) is 0 Å². The minimum atomic E-state index is -3.98. The van der Waals surface area contributed by atoms with Gasteiger partial charge in [-0.25, -0.2) is 13.5 Å². The van der Waals surface area contributed by atoms with Gasteiger partial charge in [0.2, 0.25) is 0 Å². The summed E-state index contributed by atoms with van der Waals surface area (Å²) in [6.45, 7) is 2.02. The van der Waals surface area contributed by atoms with E-state index in [-0.39, 0.29) is 20.0 Å². The van der Waals surface area contributed by atoms with Crippen molar-refractivity contribution in [2.75, 3.05) is 7.05 Å². The van der Waals surface area contributed by atoms with Crippen molar-refractivity contribution in [2.45, 2.75) is 23.6 Å². The fourth-order valence-electron chi connectivity index (χ4n) is 3.96. The number of H-pyrrole nitrogens is 1. The van der Waals surface area contributed by atoms with Crippen molar-refractivity contribution in [2.24, 2.45) is 5.10 Å². The lowest BCUT2D eigenvalue weighted by Gasteiger charge is -2.39. The van der Waals surface area contributed by atoms with E-state index in [9.17, 15) is 8.42 Å². The zero-order chi connectivity index (χ0) is 21.1. The van der Waals surface area contributed by atoms with Crippen LogP contribution in [0.15, 0.2) is 52.5 Å². The Balaban J connectivity index is 1.77. The lowest BCUT2D eigenvalue weighted by atomic mass is 10.0. The molecule has 0 radical (unpaired) electrons. The number of benzene rings is 2. The number of rotatable bonds is 5. The minimum absolute atomic E-state index is 0.0368. The first-order valence-corrected chi connectivity index (χ1v) is 11.9. The molecule has 4 bridgehead atoms. The maximum Gasteiger partial charge on any atom is 0.288 e. The number of halogens is 1. The highest BCUT2D eigenvalue weighted by Gasteiger charge is 2.59. The summed E-state index contributed by atoms with van der Waals surface area (Å²) in [5, 5.41) is 19.9. The van der Waals surface area contributed by atoms with Gasteiger partial charge in [-0.1, -0.05) is 47.5 Å². The molecule has 9 nitrogen and oxygen atoms in total. The van der Waals surface area contributed by atoms with Crippen molar-refractivity contribution in [3.8, 4) is 11.4 Å². The molecule has 0 saturated heterocycles. The first-order valence-electron chi connectivity index (χ1n) is 9.19. The standard InChI is InChI=1S/C18H17ClN7O2S2/c1-3-15-26(25(2)30(27,28)14-10-5-4-8-12(14)19)13-9-6-7-11(18(22-26)29-15)16(13)17-20-23-24-21-17/h4-10,15H,3H2,1-2H3,(H,20,21,23,24)/q+1. The number of nitrogens with zero attached hydrogens (tertiary/aromatic N) is 6. The molecular weight excluding hydrogens is 446 g/mol. The maximum absolute atomic E-state index is 13.7. The summed E-state index contributed by atoms with van der Waals surface area (Å²) in [7, 11) is -2.44. The molecule has 2 aliphatic rings. The molecule has 0 fully saturated rings. The summed E-state index contributed by atoms with van der Waals surface area (Å²) >= 11 is 7.81. The van der Waals surface area contributed by atoms with Gasteiger partial charge in [-0.15, -0.1) is 5.10 Å². The summed E-state index contributed by atoms with van der Waals surface area (Å²) in [6, 6.07) is 12.1. The third kappa shape index (κ3) is 2.53. The number of quaternary nitrogens is 1. The summed E-state index contributed by atoms with van der Waals surface area (Å²) in [5.41, 5.74) is 2.31. The van der Waals surface area contributed by atoms with Gasteiger partial charge in [-0.05, 0) is 43.8 Å². The van der Waals surface area contributed by atoms with Crippen LogP contribution in [-0.2, 0) is 10.0 Å². The Labute approximate surface area is 182 Å². The largest absolute Gasteiger partial charge is 0.288 e. The zero-order valence-corrected chi connectivity index (χ0v) is 18.4. The molecule has 30 heavy (non-hydrogen) atoms. The summed E-state index contributed by atoms with van der Waals surface area (Å²) < 4.78 is 28.4. The smallest absolute Gasteiger partial charge is 0.239 e. The molecule has 154 valence electrons. The third-order valence-corrected chi connectivity index (χ3v) is 9.07. The van der Waals surface area contributed by atoms with Crippen LogP contribution in [0.4, 0.5) is 5.69 Å². The Kier molecular flexibility index (Phi) is 4.49. The van der Waals surface area contributed by atoms with E-state index in [1.807, 2.05) is 25.1 Å². The van der Waals surface area contributed by atoms with Crippen molar-refractivity contribution in [1.29, 1.82) is 0 Å². The Morgan fingerprint density at radius 3 is 2.73 bits per heavy atom. The number of hydrogen-bond donors (Lipinski definition) is 1. The first kappa shape index (κ1) is 19.6. The minimum Gasteiger partial charge on any atom is -0.239 e. The SMILES string of the molecule is CCC1SC2=N[N+]1(N(C)S(=O)(=O)c1ccccc1Cl)c1cccc2c1-c1nnn[nH]1. The predicted molar refractivity (Wildman–Crippen MR) is 116 cm³/mol. The number of thioether (sulfide) groups is 1. The quantitative estimate of drug-likeness (QED) is 0.584. The number of aromatic amines is 1. The van der Waals surface area contributed by atoms with Gasteiger partial charge in [-0.3, -0.25) is 0 Å². The van der Waals surface area contributed by atoms with Crippen molar-refractivity contribution in [3.05, 3.63) is 53.1 Å². The van der Waals surface area contributed by atoms with E-state index in [4.69, 9.17) is 16.7 Å². The molecule has 0 aliphatic carbocycles. The highest BCUT2D eigenvalue weighted by Crippen LogP contribution is 2.53. The Morgan fingerprint density at radius 1 is 1.23 bits per heavy atom. The Morgan fingerprint density at radius 2 is 2.03 bits per heavy atom. The summed E-state index contributed by atoms with van der Waals surface area (Å²) in [6.07, 6.45) is 0.687. The molecule has 12 heteroatoms. The number of fused-ring (bicyclic) bond motifs is 5. The molecule has 2 unspecified atom stereocenters. The lowest BCUT2D eigenvalue weighted by Crippen LogP contribution is -2.61. The molecule has 0 spiro atoms. The number of nitrogens with one attached hydrogen (secondary N) is 1. The highest BCUT2D eigenvalue weighted by molar-refractivity contribution is 8.15.